The lowest BCUT2D eigenvalue weighted by atomic mass is 9.97. The van der Waals surface area contributed by atoms with E-state index in [2.05, 4.69) is 37.6 Å². The van der Waals surface area contributed by atoms with Crippen molar-refractivity contribution in [1.82, 2.24) is 20.3 Å². The number of aldehydes is 1. The van der Waals surface area contributed by atoms with E-state index in [1.807, 2.05) is 24.3 Å². The summed E-state index contributed by atoms with van der Waals surface area (Å²) in [6.07, 6.45) is 6.01. The summed E-state index contributed by atoms with van der Waals surface area (Å²) < 4.78 is 10.7. The Morgan fingerprint density at radius 3 is 2.73 bits per heavy atom. The molecule has 0 bridgehead atoms. The number of anilines is 3. The maximum atomic E-state index is 11.8. The van der Waals surface area contributed by atoms with Crippen LogP contribution in [0.3, 0.4) is 0 Å². The molecule has 0 saturated carbocycles. The van der Waals surface area contributed by atoms with Crippen molar-refractivity contribution in [3.8, 4) is 17.3 Å². The Kier molecular flexibility index (Phi) is 5.86. The average Bonchev–Trinajstić information content (AvgIpc) is 2.89. The molecule has 33 heavy (non-hydrogen) atoms. The van der Waals surface area contributed by atoms with Crippen LogP contribution in [0.4, 0.5) is 17.2 Å². The first-order chi connectivity index (χ1) is 16.2. The molecule has 1 unspecified atom stereocenters. The first kappa shape index (κ1) is 20.9. The monoisotopic (exact) mass is 444 g/mol. The number of fused-ring (bicyclic) bond motifs is 1. The normalized spacial score (nSPS) is 17.1. The highest BCUT2D eigenvalue weighted by molar-refractivity contribution is 5.79. The Labute approximate surface area is 191 Å². The molecule has 168 valence electrons. The molecule has 2 aliphatic heterocycles. The van der Waals surface area contributed by atoms with Gasteiger partial charge in [-0.1, -0.05) is 0 Å². The third-order valence-electron chi connectivity index (χ3n) is 5.70. The third kappa shape index (κ3) is 4.35. The first-order valence-electron chi connectivity index (χ1n) is 10.7. The maximum Gasteiger partial charge on any atom is 0.216 e. The number of carbonyl (C=O) groups excluding carboxylic acids is 1. The molecule has 2 aromatic heterocycles. The second kappa shape index (κ2) is 9.25. The van der Waals surface area contributed by atoms with Gasteiger partial charge in [-0.3, -0.25) is 0 Å². The topological polar surface area (TPSA) is 102 Å². The number of nitrogens with zero attached hydrogens (tertiary/aromatic N) is 4. The van der Waals surface area contributed by atoms with Gasteiger partial charge in [-0.25, -0.2) is 15.0 Å². The largest absolute Gasteiger partial charge is 0.481 e. The number of methoxy groups -OCH3 is 1. The standard InChI is InChI=1S/C24H24N6O3/c1-32-22-13-19(26-15-27-22)20-12-16-6-7-25-21(14-31)23(16)24(29-20)28-17-2-4-18(5-3-17)30-8-10-33-11-9-30/h2-7,12-15,21,25H,8-11H2,1H3,(H,28,29). The highest BCUT2D eigenvalue weighted by atomic mass is 16.5. The van der Waals surface area contributed by atoms with Crippen molar-refractivity contribution in [3.05, 3.63) is 60.1 Å². The second-order valence-electron chi connectivity index (χ2n) is 7.69. The van der Waals surface area contributed by atoms with Gasteiger partial charge in [-0.2, -0.15) is 0 Å². The molecule has 1 saturated heterocycles. The molecule has 0 spiro atoms. The van der Waals surface area contributed by atoms with Crippen molar-refractivity contribution < 1.29 is 14.3 Å². The lowest BCUT2D eigenvalue weighted by molar-refractivity contribution is -0.109. The Hall–Kier alpha value is -3.98. The van der Waals surface area contributed by atoms with E-state index in [0.717, 1.165) is 55.1 Å². The van der Waals surface area contributed by atoms with Crippen LogP contribution in [0.25, 0.3) is 17.5 Å². The molecule has 1 aromatic carbocycles. The fraction of sp³-hybridized carbons (Fsp3) is 0.250. The summed E-state index contributed by atoms with van der Waals surface area (Å²) in [6, 6.07) is 11.3. The van der Waals surface area contributed by atoms with Gasteiger partial charge in [0, 0.05) is 36.1 Å². The zero-order chi connectivity index (χ0) is 22.6. The number of pyridine rings is 1. The van der Waals surface area contributed by atoms with E-state index in [-0.39, 0.29) is 0 Å². The number of carbonyl (C=O) groups is 1. The number of benzene rings is 1. The quantitative estimate of drug-likeness (QED) is 0.556. The van der Waals surface area contributed by atoms with E-state index in [0.29, 0.717) is 23.1 Å². The fourth-order valence-corrected chi connectivity index (χ4v) is 4.00. The summed E-state index contributed by atoms with van der Waals surface area (Å²) in [7, 11) is 1.56. The van der Waals surface area contributed by atoms with Crippen LogP contribution in [0.2, 0.25) is 0 Å². The lowest BCUT2D eigenvalue weighted by Gasteiger charge is -2.29. The van der Waals surface area contributed by atoms with E-state index in [1.165, 1.54) is 6.33 Å². The van der Waals surface area contributed by atoms with Crippen LogP contribution in [0, 0.1) is 0 Å². The predicted octanol–water partition coefficient (Wildman–Crippen LogP) is 2.94. The number of nitrogens with one attached hydrogen (secondary N) is 2. The van der Waals surface area contributed by atoms with Gasteiger partial charge in [0.25, 0.3) is 0 Å². The van der Waals surface area contributed by atoms with Crippen LogP contribution in [0.5, 0.6) is 5.88 Å². The van der Waals surface area contributed by atoms with E-state index >= 15 is 0 Å². The second-order valence-corrected chi connectivity index (χ2v) is 7.69. The molecule has 2 aliphatic rings. The summed E-state index contributed by atoms with van der Waals surface area (Å²) in [5, 5.41) is 6.49. The van der Waals surface area contributed by atoms with E-state index < -0.39 is 6.04 Å². The highest BCUT2D eigenvalue weighted by Crippen LogP contribution is 2.34. The van der Waals surface area contributed by atoms with Gasteiger partial charge >= 0.3 is 0 Å². The van der Waals surface area contributed by atoms with Gasteiger partial charge < -0.3 is 29.8 Å². The van der Waals surface area contributed by atoms with Crippen LogP contribution < -0.4 is 20.3 Å². The van der Waals surface area contributed by atoms with Crippen LogP contribution in [-0.4, -0.2) is 54.7 Å². The zero-order valence-electron chi connectivity index (χ0n) is 18.2. The minimum absolute atomic E-state index is 0.454. The summed E-state index contributed by atoms with van der Waals surface area (Å²) in [4.78, 5) is 27.3. The lowest BCUT2D eigenvalue weighted by Crippen LogP contribution is -2.36. The van der Waals surface area contributed by atoms with Gasteiger partial charge in [-0.05, 0) is 48.2 Å². The first-order valence-corrected chi connectivity index (χ1v) is 10.7. The molecular formula is C24H24N6O3. The molecule has 1 atom stereocenters. The molecule has 2 N–H and O–H groups in total. The number of rotatable bonds is 6. The van der Waals surface area contributed by atoms with Crippen molar-refractivity contribution in [2.45, 2.75) is 6.04 Å². The Morgan fingerprint density at radius 1 is 1.15 bits per heavy atom. The van der Waals surface area contributed by atoms with Crippen molar-refractivity contribution >= 4 is 29.6 Å². The summed E-state index contributed by atoms with van der Waals surface area (Å²) in [6.45, 7) is 3.24. The number of aromatic nitrogens is 3. The smallest absolute Gasteiger partial charge is 0.216 e. The Balaban J connectivity index is 1.51. The van der Waals surface area contributed by atoms with Crippen LogP contribution in [0.15, 0.2) is 48.9 Å². The number of morpholine rings is 1. The predicted molar refractivity (Wildman–Crippen MR) is 126 cm³/mol. The Bertz CT molecular complexity index is 1180. The molecule has 1 fully saturated rings. The van der Waals surface area contributed by atoms with Crippen molar-refractivity contribution in [3.63, 3.8) is 0 Å². The Morgan fingerprint density at radius 2 is 1.97 bits per heavy atom. The molecule has 0 radical (unpaired) electrons. The number of hydrogen-bond acceptors (Lipinski definition) is 9. The van der Waals surface area contributed by atoms with E-state index in [1.54, 1.807) is 19.4 Å². The number of ether oxygens (including phenoxy) is 2. The van der Waals surface area contributed by atoms with Crippen LogP contribution in [-0.2, 0) is 9.53 Å². The van der Waals surface area contributed by atoms with Gasteiger partial charge in [-0.15, -0.1) is 0 Å². The molecule has 5 rings (SSSR count). The molecular weight excluding hydrogens is 420 g/mol. The number of hydrogen-bond donors (Lipinski definition) is 2. The van der Waals surface area contributed by atoms with Gasteiger partial charge in [0.2, 0.25) is 5.88 Å². The van der Waals surface area contributed by atoms with Crippen LogP contribution in [0.1, 0.15) is 17.2 Å². The van der Waals surface area contributed by atoms with Crippen LogP contribution >= 0.6 is 0 Å². The summed E-state index contributed by atoms with van der Waals surface area (Å²) in [5.74, 6) is 1.05. The minimum Gasteiger partial charge on any atom is -0.481 e. The van der Waals surface area contributed by atoms with E-state index in [4.69, 9.17) is 14.5 Å². The van der Waals surface area contributed by atoms with Crippen molar-refractivity contribution in [2.75, 3.05) is 43.6 Å². The highest BCUT2D eigenvalue weighted by Gasteiger charge is 2.23. The maximum absolute atomic E-state index is 11.8. The van der Waals surface area contributed by atoms with Crippen molar-refractivity contribution in [2.24, 2.45) is 0 Å². The molecule has 0 amide bonds. The SMILES string of the molecule is COc1cc(-c2cc3c(c(Nc4ccc(N5CCOCC5)cc4)n2)C(C=O)NC=C3)ncn1. The summed E-state index contributed by atoms with van der Waals surface area (Å²) >= 11 is 0. The fourth-order valence-electron chi connectivity index (χ4n) is 4.00. The zero-order valence-corrected chi connectivity index (χ0v) is 18.2. The minimum atomic E-state index is -0.499. The molecule has 3 aromatic rings. The molecule has 9 heteroatoms. The summed E-state index contributed by atoms with van der Waals surface area (Å²) in [5.41, 5.74) is 4.98. The van der Waals surface area contributed by atoms with Gasteiger partial charge in [0.15, 0.2) is 0 Å². The van der Waals surface area contributed by atoms with Gasteiger partial charge in [0.05, 0.1) is 31.7 Å². The van der Waals surface area contributed by atoms with Crippen molar-refractivity contribution in [1.29, 1.82) is 0 Å². The van der Waals surface area contributed by atoms with E-state index in [9.17, 15) is 4.79 Å². The molecule has 0 aliphatic carbocycles. The third-order valence-corrected chi connectivity index (χ3v) is 5.70. The average molecular weight is 444 g/mol. The van der Waals surface area contributed by atoms with Gasteiger partial charge in [0.1, 0.15) is 24.5 Å². The molecule has 4 heterocycles. The molecule has 9 nitrogen and oxygen atoms in total.